The molecule has 0 aliphatic carbocycles. The third-order valence-electron chi connectivity index (χ3n) is 8.29. The van der Waals surface area contributed by atoms with E-state index in [2.05, 4.69) is 10.6 Å². The molecule has 0 aromatic heterocycles. The Morgan fingerprint density at radius 3 is 1.97 bits per heavy atom. The van der Waals surface area contributed by atoms with Crippen molar-refractivity contribution in [3.63, 3.8) is 0 Å². The number of carbonyl (C=O) groups is 2. The van der Waals surface area contributed by atoms with Crippen LogP contribution in [0.4, 0.5) is 4.79 Å². The summed E-state index contributed by atoms with van der Waals surface area (Å²) in [5, 5.41) is 85.7. The minimum Gasteiger partial charge on any atom is -0.394 e. The SMILES string of the molecule is O=C(NC1C(O)OC(CO)C(O)C1O)[C@@H]1CS[C@]23SCC[N@+]2(C(=O)NC2C(O)OC(CO)C(O)C2O)CCN13. The van der Waals surface area contributed by atoms with E-state index in [0.29, 0.717) is 25.4 Å². The Labute approximate surface area is 231 Å². The van der Waals surface area contributed by atoms with Crippen LogP contribution in [0.15, 0.2) is 0 Å². The van der Waals surface area contributed by atoms with Gasteiger partial charge >= 0.3 is 6.03 Å². The molecule has 0 bridgehead atoms. The Kier molecular flexibility index (Phi) is 8.44. The minimum absolute atomic E-state index is 0.129. The molecule has 16 nitrogen and oxygen atoms in total. The number of hydrogen-bond donors (Lipinski definition) is 10. The molecule has 5 aliphatic rings. The largest absolute Gasteiger partial charge is 0.420 e. The monoisotopic (exact) mass is 599 g/mol. The molecule has 39 heavy (non-hydrogen) atoms. The number of rotatable bonds is 5. The standard InChI is InChI=1S/C21H34N4O12S2/c26-5-9-13(28)15(30)11(18(33)36-9)22-17(32)8-7-39-21-24(8)1-2-25(21,3-4-38-21)20(35)23-12-16(31)14(29)10(6-27)37-19(12)34/h8-16,18-19,26-31,33-34H,1-7H2,(H-,22,23,32,35)/p+1/t8-,9?,10?,11?,12?,13?,14?,15?,16?,18?,19?,21-,25-/m0/s1. The van der Waals surface area contributed by atoms with Crippen LogP contribution in [-0.4, -0.2) is 178 Å². The van der Waals surface area contributed by atoms with Crippen molar-refractivity contribution in [2.75, 3.05) is 44.4 Å². The van der Waals surface area contributed by atoms with Crippen LogP contribution in [0.5, 0.6) is 0 Å². The molecule has 5 heterocycles. The Hall–Kier alpha value is -0.840. The molecule has 0 aromatic carbocycles. The highest BCUT2D eigenvalue weighted by molar-refractivity contribution is 8.18. The number of carbonyl (C=O) groups excluding carboxylic acids is 2. The van der Waals surface area contributed by atoms with Crippen LogP contribution in [0.25, 0.3) is 0 Å². The van der Waals surface area contributed by atoms with Crippen molar-refractivity contribution < 1.29 is 64.4 Å². The Balaban J connectivity index is 1.30. The van der Waals surface area contributed by atoms with Gasteiger partial charge < -0.3 is 55.6 Å². The number of aliphatic hydroxyl groups is 8. The second-order valence-corrected chi connectivity index (χ2v) is 13.0. The van der Waals surface area contributed by atoms with E-state index in [1.807, 2.05) is 4.90 Å². The van der Waals surface area contributed by atoms with Crippen LogP contribution in [0.3, 0.4) is 0 Å². The highest BCUT2D eigenvalue weighted by Crippen LogP contribution is 2.60. The molecule has 1 spiro atoms. The van der Waals surface area contributed by atoms with Crippen molar-refractivity contribution in [1.82, 2.24) is 15.5 Å². The number of nitrogens with zero attached hydrogens (tertiary/aromatic N) is 2. The molecule has 5 rings (SSSR count). The normalized spacial score (nSPS) is 49.9. The first-order valence-corrected chi connectivity index (χ1v) is 14.6. The molecule has 0 aromatic rings. The molecule has 0 radical (unpaired) electrons. The summed E-state index contributed by atoms with van der Waals surface area (Å²) in [5.41, 5.74) is 0. The van der Waals surface area contributed by atoms with Gasteiger partial charge in [0.2, 0.25) is 5.91 Å². The molecule has 5 aliphatic heterocycles. The van der Waals surface area contributed by atoms with Crippen LogP contribution < -0.4 is 10.6 Å². The summed E-state index contributed by atoms with van der Waals surface area (Å²) in [7, 11) is 0. The zero-order chi connectivity index (χ0) is 28.3. The topological polar surface area (TPSA) is 242 Å². The zero-order valence-corrected chi connectivity index (χ0v) is 22.4. The van der Waals surface area contributed by atoms with E-state index in [0.717, 1.165) is 0 Å². The number of thioether (sulfide) groups is 2. The van der Waals surface area contributed by atoms with Gasteiger partial charge in [-0.05, 0) is 0 Å². The van der Waals surface area contributed by atoms with Crippen LogP contribution in [0, 0.1) is 0 Å². The summed E-state index contributed by atoms with van der Waals surface area (Å²) in [4.78, 5) is 29.0. The molecule has 3 amide bonds. The fraction of sp³-hybridized carbons (Fsp3) is 0.905. The lowest BCUT2D eigenvalue weighted by atomic mass is 9.97. The van der Waals surface area contributed by atoms with E-state index in [9.17, 15) is 50.4 Å². The maximum atomic E-state index is 13.7. The first-order valence-electron chi connectivity index (χ1n) is 12.7. The minimum atomic E-state index is -1.67. The average molecular weight is 600 g/mol. The second-order valence-electron chi connectivity index (χ2n) is 10.3. The number of amides is 3. The van der Waals surface area contributed by atoms with Gasteiger partial charge in [0.25, 0.3) is 4.33 Å². The molecule has 222 valence electrons. The zero-order valence-electron chi connectivity index (χ0n) is 20.7. The van der Waals surface area contributed by atoms with Crippen molar-refractivity contribution in [3.05, 3.63) is 0 Å². The summed E-state index contributed by atoms with van der Waals surface area (Å²) in [6.45, 7) is -0.210. The van der Waals surface area contributed by atoms with E-state index in [4.69, 9.17) is 9.47 Å². The Morgan fingerprint density at radius 2 is 1.41 bits per heavy atom. The molecule has 10 N–H and O–H groups in total. The van der Waals surface area contributed by atoms with E-state index < -0.39 is 96.8 Å². The first kappa shape index (κ1) is 29.6. The van der Waals surface area contributed by atoms with Crippen molar-refractivity contribution in [3.8, 4) is 0 Å². The second kappa shape index (κ2) is 11.1. The lowest BCUT2D eigenvalue weighted by Crippen LogP contribution is -2.70. The number of nitrogens with one attached hydrogen (secondary N) is 2. The quantitative estimate of drug-likeness (QED) is 0.132. The van der Waals surface area contributed by atoms with E-state index in [1.54, 1.807) is 0 Å². The van der Waals surface area contributed by atoms with Gasteiger partial charge in [0, 0.05) is 5.75 Å². The fourth-order valence-corrected chi connectivity index (χ4v) is 10.0. The first-order chi connectivity index (χ1) is 18.5. The maximum Gasteiger partial charge on any atom is 0.420 e. The Bertz CT molecular complexity index is 957. The predicted molar refractivity (Wildman–Crippen MR) is 132 cm³/mol. The summed E-state index contributed by atoms with van der Waals surface area (Å²) in [5.74, 6) is 0.316. The van der Waals surface area contributed by atoms with Crippen LogP contribution in [-0.2, 0) is 14.3 Å². The van der Waals surface area contributed by atoms with E-state index in [-0.39, 0.29) is 10.2 Å². The van der Waals surface area contributed by atoms with Crippen molar-refractivity contribution in [2.24, 2.45) is 0 Å². The van der Waals surface area contributed by atoms with Crippen molar-refractivity contribution >= 4 is 35.5 Å². The third kappa shape index (κ3) is 4.58. The summed E-state index contributed by atoms with van der Waals surface area (Å²) in [6, 6.07) is -3.97. The van der Waals surface area contributed by atoms with Gasteiger partial charge in [-0.1, -0.05) is 23.5 Å². The molecule has 5 saturated heterocycles. The number of quaternary nitrogens is 1. The summed E-state index contributed by atoms with van der Waals surface area (Å²) >= 11 is 2.88. The predicted octanol–water partition coefficient (Wildman–Crippen LogP) is -5.98. The van der Waals surface area contributed by atoms with Gasteiger partial charge in [0.1, 0.15) is 61.3 Å². The molecule has 18 heteroatoms. The molecule has 0 saturated carbocycles. The summed E-state index contributed by atoms with van der Waals surface area (Å²) in [6.07, 6.45) is -12.0. The van der Waals surface area contributed by atoms with E-state index in [1.165, 1.54) is 23.5 Å². The number of hydrogen-bond acceptors (Lipinski definition) is 15. The Morgan fingerprint density at radius 1 is 0.846 bits per heavy atom. The van der Waals surface area contributed by atoms with Gasteiger partial charge in [-0.2, -0.15) is 0 Å². The maximum absolute atomic E-state index is 13.7. The number of aliphatic hydroxyl groups excluding tert-OH is 8. The lowest BCUT2D eigenvalue weighted by Gasteiger charge is -2.43. The lowest BCUT2D eigenvalue weighted by molar-refractivity contribution is -0.855. The number of urea groups is 1. The van der Waals surface area contributed by atoms with Crippen molar-refractivity contribution in [1.29, 1.82) is 0 Å². The molecule has 13 atom stereocenters. The third-order valence-corrected chi connectivity index (χ3v) is 11.8. The summed E-state index contributed by atoms with van der Waals surface area (Å²) < 4.78 is 9.27. The van der Waals surface area contributed by atoms with Gasteiger partial charge in [0.05, 0.1) is 32.1 Å². The van der Waals surface area contributed by atoms with Gasteiger partial charge in [-0.3, -0.25) is 10.1 Å². The fourth-order valence-electron chi connectivity index (χ4n) is 6.06. The molecular formula is C21H35N4O12S2+. The molecule has 10 unspecified atom stereocenters. The molecular weight excluding hydrogens is 564 g/mol. The average Bonchev–Trinajstić information content (AvgIpc) is 3.56. The van der Waals surface area contributed by atoms with E-state index >= 15 is 0 Å². The van der Waals surface area contributed by atoms with Gasteiger partial charge in [-0.15, -0.1) is 0 Å². The highest BCUT2D eigenvalue weighted by Gasteiger charge is 2.73. The van der Waals surface area contributed by atoms with Crippen LogP contribution in [0.1, 0.15) is 0 Å². The molecule has 5 fully saturated rings. The highest BCUT2D eigenvalue weighted by atomic mass is 32.2. The smallest absolute Gasteiger partial charge is 0.394 e. The van der Waals surface area contributed by atoms with Crippen LogP contribution in [0.2, 0.25) is 0 Å². The number of ether oxygens (including phenoxy) is 2. The van der Waals surface area contributed by atoms with Gasteiger partial charge in [-0.25, -0.2) is 14.2 Å². The van der Waals surface area contributed by atoms with Crippen LogP contribution >= 0.6 is 23.5 Å². The van der Waals surface area contributed by atoms with Gasteiger partial charge in [0.15, 0.2) is 12.6 Å². The van der Waals surface area contributed by atoms with Crippen molar-refractivity contribution in [2.45, 2.75) is 71.7 Å².